The summed E-state index contributed by atoms with van der Waals surface area (Å²) in [6.45, 7) is 5.52. The van der Waals surface area contributed by atoms with Crippen LogP contribution in [-0.4, -0.2) is 78.0 Å². The van der Waals surface area contributed by atoms with Crippen molar-refractivity contribution < 1.29 is 32.6 Å². The number of nitrogens with one attached hydrogen (secondary N) is 5. The Hall–Kier alpha value is -4.83. The van der Waals surface area contributed by atoms with Gasteiger partial charge >= 0.3 is 6.09 Å². The van der Waals surface area contributed by atoms with Gasteiger partial charge in [0.25, 0.3) is 0 Å². The first kappa shape index (κ1) is 40.4. The Balaban J connectivity index is 1.25. The third-order valence-corrected chi connectivity index (χ3v) is 10.6. The maximum Gasteiger partial charge on any atom is 0.407 e. The number of nitrogens with zero attached hydrogens (tertiary/aromatic N) is 2. The number of alkyl carbamates (subject to hydrolysis) is 1. The Kier molecular flexibility index (Phi) is 13.5. The molecule has 54 heavy (non-hydrogen) atoms. The number of aliphatic hydroxyl groups excluding tert-OH is 1. The first-order valence-electron chi connectivity index (χ1n) is 17.8. The number of hydrogen-bond donors (Lipinski definition) is 6. The minimum Gasteiger partial charge on any atom is -0.444 e. The summed E-state index contributed by atoms with van der Waals surface area (Å²) >= 11 is 5.87. The van der Waals surface area contributed by atoms with E-state index in [-0.39, 0.29) is 53.4 Å². The second-order valence-electron chi connectivity index (χ2n) is 14.2. The van der Waals surface area contributed by atoms with Crippen molar-refractivity contribution in [3.8, 4) is 22.5 Å². The van der Waals surface area contributed by atoms with Crippen molar-refractivity contribution in [1.82, 2.24) is 30.5 Å². The number of carbonyl (C=O) groups excluding carboxylic acids is 3. The van der Waals surface area contributed by atoms with Crippen LogP contribution in [0.2, 0.25) is 5.28 Å². The molecule has 1 aliphatic carbocycles. The third-order valence-electron chi connectivity index (χ3n) is 8.95. The van der Waals surface area contributed by atoms with Gasteiger partial charge < -0.3 is 25.8 Å². The van der Waals surface area contributed by atoms with Gasteiger partial charge in [-0.2, -0.15) is 10.1 Å². The summed E-state index contributed by atoms with van der Waals surface area (Å²) in [7, 11) is -3.73. The molecule has 14 nitrogen and oxygen atoms in total. The van der Waals surface area contributed by atoms with Crippen LogP contribution in [0.15, 0.2) is 77.7 Å². The molecule has 1 saturated carbocycles. The van der Waals surface area contributed by atoms with E-state index in [0.717, 1.165) is 29.5 Å². The maximum absolute atomic E-state index is 13.8. The zero-order valence-electron chi connectivity index (χ0n) is 30.4. The van der Waals surface area contributed by atoms with E-state index in [2.05, 4.69) is 35.9 Å². The highest BCUT2D eigenvalue weighted by Crippen LogP contribution is 2.29. The van der Waals surface area contributed by atoms with Crippen LogP contribution in [0.25, 0.3) is 22.5 Å². The summed E-state index contributed by atoms with van der Waals surface area (Å²) in [6, 6.07) is 19.9. The van der Waals surface area contributed by atoms with E-state index in [1.807, 2.05) is 45.0 Å². The van der Waals surface area contributed by atoms with Crippen LogP contribution in [0.4, 0.5) is 10.5 Å². The third kappa shape index (κ3) is 11.6. The van der Waals surface area contributed by atoms with Crippen LogP contribution in [0.1, 0.15) is 52.0 Å². The van der Waals surface area contributed by atoms with Gasteiger partial charge in [-0.3, -0.25) is 9.59 Å². The maximum atomic E-state index is 13.8. The predicted octanol–water partition coefficient (Wildman–Crippen LogP) is 5.06. The summed E-state index contributed by atoms with van der Waals surface area (Å²) in [6.07, 6.45) is 2.51. The fourth-order valence-corrected chi connectivity index (χ4v) is 7.27. The molecule has 0 bridgehead atoms. The van der Waals surface area contributed by atoms with Gasteiger partial charge in [0.05, 0.1) is 11.5 Å². The second kappa shape index (κ2) is 18.0. The number of sulfonamides is 1. The average Bonchev–Trinajstić information content (AvgIpc) is 3.59. The Bertz CT molecular complexity index is 1990. The van der Waals surface area contributed by atoms with Crippen LogP contribution in [0, 0.1) is 11.8 Å². The quantitative estimate of drug-likeness (QED) is 0.101. The Labute approximate surface area is 319 Å². The number of H-pyrrole nitrogens is 1. The second-order valence-corrected chi connectivity index (χ2v) is 16.3. The smallest absolute Gasteiger partial charge is 0.407 e. The number of benzene rings is 3. The fraction of sp³-hybridized carbons (Fsp3) is 0.395. The van der Waals surface area contributed by atoms with Crippen LogP contribution < -0.4 is 20.7 Å². The van der Waals surface area contributed by atoms with Gasteiger partial charge in [-0.1, -0.05) is 36.4 Å². The van der Waals surface area contributed by atoms with E-state index in [0.29, 0.717) is 36.5 Å². The number of rotatable bonds is 14. The number of aliphatic hydroxyl groups is 1. The largest absolute Gasteiger partial charge is 0.444 e. The number of aromatic nitrogens is 3. The van der Waals surface area contributed by atoms with Gasteiger partial charge in [-0.05, 0) is 117 Å². The number of anilines is 1. The normalized spacial score (nSPS) is 16.6. The highest BCUT2D eigenvalue weighted by atomic mass is 35.5. The first-order valence-corrected chi connectivity index (χ1v) is 19.6. The minimum atomic E-state index is -3.73. The molecule has 3 aromatic carbocycles. The SMILES string of the molecule is CC(C)(C)OC(=O)NCC1CCC(C(=O)NC(Cc2ccc(-c3ccc(S(=O)(=O)NCCO)cc3)cc2)C(=O)Nc2ccc(-c3n[nH]c(Cl)n3)cc2)CC1. The molecular formula is C38H46ClN7O7S. The van der Waals surface area contributed by atoms with Crippen molar-refractivity contribution in [3.05, 3.63) is 83.6 Å². The van der Waals surface area contributed by atoms with Crippen LogP contribution in [0.3, 0.4) is 0 Å². The molecule has 0 radical (unpaired) electrons. The van der Waals surface area contributed by atoms with Crippen molar-refractivity contribution in [1.29, 1.82) is 0 Å². The van der Waals surface area contributed by atoms with Crippen LogP contribution in [-0.2, 0) is 30.8 Å². The van der Waals surface area contributed by atoms with Crippen LogP contribution in [0.5, 0.6) is 0 Å². The van der Waals surface area contributed by atoms with Crippen molar-refractivity contribution in [2.24, 2.45) is 11.8 Å². The number of halogens is 1. The molecule has 0 aliphatic heterocycles. The number of hydrogen-bond acceptors (Lipinski definition) is 9. The van der Waals surface area contributed by atoms with E-state index >= 15 is 0 Å². The highest BCUT2D eigenvalue weighted by Gasteiger charge is 2.30. The summed E-state index contributed by atoms with van der Waals surface area (Å²) in [5, 5.41) is 24.5. The first-order chi connectivity index (χ1) is 25.7. The summed E-state index contributed by atoms with van der Waals surface area (Å²) in [5.74, 6) is -0.233. The standard InChI is InChI=1S/C38H46ClN7O7S/c1-38(2,3)53-37(50)40-23-25-6-10-29(11-7-25)34(48)43-32(35(49)42-30-16-12-28(13-17-30)33-44-36(39)46-45-33)22-24-4-8-26(9-5-24)27-14-18-31(19-15-27)54(51,52)41-20-21-47/h4-5,8-9,12-19,25,29,32,41,47H,6-7,10-11,20-23H2,1-3H3,(H,40,50)(H,42,49)(H,43,48)(H,44,45,46). The van der Waals surface area contributed by atoms with Crippen molar-refractivity contribution in [3.63, 3.8) is 0 Å². The monoisotopic (exact) mass is 779 g/mol. The lowest BCUT2D eigenvalue weighted by atomic mass is 9.81. The molecule has 288 valence electrons. The number of carbonyl (C=O) groups is 3. The number of ether oxygens (including phenoxy) is 1. The lowest BCUT2D eigenvalue weighted by molar-refractivity contribution is -0.130. The molecule has 1 atom stereocenters. The van der Waals surface area contributed by atoms with Gasteiger partial charge in [0, 0.05) is 36.7 Å². The number of aromatic amines is 1. The summed E-state index contributed by atoms with van der Waals surface area (Å²) in [5.41, 5.74) is 3.07. The topological polar surface area (TPSA) is 204 Å². The molecule has 4 aromatic rings. The van der Waals surface area contributed by atoms with E-state index < -0.39 is 27.8 Å². The molecule has 16 heteroatoms. The number of amides is 3. The Morgan fingerprint density at radius 3 is 2.11 bits per heavy atom. The van der Waals surface area contributed by atoms with Gasteiger partial charge in [-0.25, -0.2) is 23.0 Å². The van der Waals surface area contributed by atoms with Crippen molar-refractivity contribution >= 4 is 45.2 Å². The van der Waals surface area contributed by atoms with Gasteiger partial charge in [0.15, 0.2) is 5.82 Å². The van der Waals surface area contributed by atoms with Crippen LogP contribution >= 0.6 is 11.6 Å². The van der Waals surface area contributed by atoms with Gasteiger partial charge in [0.1, 0.15) is 11.6 Å². The summed E-state index contributed by atoms with van der Waals surface area (Å²) < 4.78 is 32.5. The van der Waals surface area contributed by atoms with Crippen molar-refractivity contribution in [2.75, 3.05) is 25.0 Å². The summed E-state index contributed by atoms with van der Waals surface area (Å²) in [4.78, 5) is 43.7. The molecular weight excluding hydrogens is 734 g/mol. The van der Waals surface area contributed by atoms with Gasteiger partial charge in [0.2, 0.25) is 27.1 Å². The molecule has 1 aromatic heterocycles. The molecule has 1 fully saturated rings. The minimum absolute atomic E-state index is 0.0766. The van der Waals surface area contributed by atoms with Crippen molar-refractivity contribution in [2.45, 2.75) is 69.4 Å². The fourth-order valence-electron chi connectivity index (χ4n) is 6.13. The van der Waals surface area contributed by atoms with Gasteiger partial charge in [-0.15, -0.1) is 0 Å². The molecule has 0 spiro atoms. The molecule has 1 heterocycles. The lowest BCUT2D eigenvalue weighted by Gasteiger charge is -2.29. The van der Waals surface area contributed by atoms with E-state index in [1.54, 1.807) is 36.4 Å². The van der Waals surface area contributed by atoms with E-state index in [9.17, 15) is 22.8 Å². The molecule has 0 saturated heterocycles. The predicted molar refractivity (Wildman–Crippen MR) is 205 cm³/mol. The van der Waals surface area contributed by atoms with E-state index in [1.165, 1.54) is 12.1 Å². The molecule has 5 rings (SSSR count). The molecule has 1 unspecified atom stereocenters. The molecule has 3 amide bonds. The lowest BCUT2D eigenvalue weighted by Crippen LogP contribution is -2.48. The van der Waals surface area contributed by atoms with E-state index in [4.69, 9.17) is 21.4 Å². The Morgan fingerprint density at radius 1 is 0.926 bits per heavy atom. The zero-order valence-corrected chi connectivity index (χ0v) is 32.0. The molecule has 6 N–H and O–H groups in total. The Morgan fingerprint density at radius 2 is 1.54 bits per heavy atom. The molecule has 1 aliphatic rings. The zero-order chi connectivity index (χ0) is 38.9. The highest BCUT2D eigenvalue weighted by molar-refractivity contribution is 7.89. The average molecular weight is 780 g/mol.